The van der Waals surface area contributed by atoms with Gasteiger partial charge in [-0.15, -0.1) is 0 Å². The first kappa shape index (κ1) is 12.5. The number of anilines is 1. The lowest BCUT2D eigenvalue weighted by molar-refractivity contribution is 0.971. The molecule has 0 aliphatic carbocycles. The summed E-state index contributed by atoms with van der Waals surface area (Å²) in [5.41, 5.74) is 4.12. The van der Waals surface area contributed by atoms with E-state index in [-0.39, 0.29) is 0 Å². The van der Waals surface area contributed by atoms with Crippen LogP contribution in [0.3, 0.4) is 0 Å². The highest BCUT2D eigenvalue weighted by Crippen LogP contribution is 2.18. The summed E-state index contributed by atoms with van der Waals surface area (Å²) >= 11 is 0. The zero-order valence-corrected chi connectivity index (χ0v) is 11.6. The van der Waals surface area contributed by atoms with Gasteiger partial charge in [0.05, 0.1) is 11.2 Å². The SMILES string of the molecule is CNc1ncnc(Cc2ccc3ccccc3n2)c1C. The third-order valence-corrected chi connectivity index (χ3v) is 3.43. The molecule has 2 aromatic heterocycles. The Morgan fingerprint density at radius 2 is 1.90 bits per heavy atom. The van der Waals surface area contributed by atoms with Gasteiger partial charge in [-0.3, -0.25) is 4.98 Å². The van der Waals surface area contributed by atoms with E-state index < -0.39 is 0 Å². The molecular formula is C16H16N4. The molecule has 4 heteroatoms. The van der Waals surface area contributed by atoms with Crippen LogP contribution in [0.5, 0.6) is 0 Å². The summed E-state index contributed by atoms with van der Waals surface area (Å²) in [6.07, 6.45) is 2.31. The summed E-state index contributed by atoms with van der Waals surface area (Å²) in [6.45, 7) is 2.03. The number of hydrogen-bond donors (Lipinski definition) is 1. The minimum atomic E-state index is 0.716. The fourth-order valence-electron chi connectivity index (χ4n) is 2.30. The van der Waals surface area contributed by atoms with E-state index >= 15 is 0 Å². The molecule has 0 bridgehead atoms. The van der Waals surface area contributed by atoms with Crippen LogP contribution in [-0.2, 0) is 6.42 Å². The van der Waals surface area contributed by atoms with Crippen LogP contribution in [0.2, 0.25) is 0 Å². The fourth-order valence-corrected chi connectivity index (χ4v) is 2.30. The number of aromatic nitrogens is 3. The average Bonchev–Trinajstić information content (AvgIpc) is 2.49. The van der Waals surface area contributed by atoms with E-state index in [1.807, 2.05) is 32.2 Å². The Morgan fingerprint density at radius 3 is 2.75 bits per heavy atom. The predicted molar refractivity (Wildman–Crippen MR) is 80.9 cm³/mol. The first-order valence-electron chi connectivity index (χ1n) is 6.61. The molecule has 0 saturated carbocycles. The molecular weight excluding hydrogens is 248 g/mol. The topological polar surface area (TPSA) is 50.7 Å². The largest absolute Gasteiger partial charge is 0.373 e. The number of para-hydroxylation sites is 1. The second-order valence-corrected chi connectivity index (χ2v) is 4.72. The van der Waals surface area contributed by atoms with Gasteiger partial charge in [-0.05, 0) is 19.1 Å². The molecule has 3 rings (SSSR count). The van der Waals surface area contributed by atoms with Crippen LogP contribution in [0.15, 0.2) is 42.7 Å². The van der Waals surface area contributed by atoms with Crippen molar-refractivity contribution in [3.63, 3.8) is 0 Å². The minimum absolute atomic E-state index is 0.716. The van der Waals surface area contributed by atoms with E-state index in [2.05, 4.69) is 38.5 Å². The van der Waals surface area contributed by atoms with E-state index in [4.69, 9.17) is 0 Å². The predicted octanol–water partition coefficient (Wildman–Crippen LogP) is 2.97. The number of nitrogens with zero attached hydrogens (tertiary/aromatic N) is 3. The normalized spacial score (nSPS) is 10.7. The molecule has 4 nitrogen and oxygen atoms in total. The molecule has 100 valence electrons. The third-order valence-electron chi connectivity index (χ3n) is 3.43. The first-order valence-corrected chi connectivity index (χ1v) is 6.61. The Hall–Kier alpha value is -2.49. The molecule has 3 aromatic rings. The molecule has 0 amide bonds. The molecule has 1 N–H and O–H groups in total. The maximum atomic E-state index is 4.69. The minimum Gasteiger partial charge on any atom is -0.373 e. The number of pyridine rings is 1. The number of nitrogens with one attached hydrogen (secondary N) is 1. The molecule has 1 aromatic carbocycles. The number of fused-ring (bicyclic) bond motifs is 1. The van der Waals surface area contributed by atoms with Gasteiger partial charge in [0.15, 0.2) is 0 Å². The standard InChI is InChI=1S/C16H16N4/c1-11-15(18-10-19-16(11)17-2)9-13-8-7-12-5-3-4-6-14(12)20-13/h3-8,10H,9H2,1-2H3,(H,17,18,19). The Morgan fingerprint density at radius 1 is 1.05 bits per heavy atom. The van der Waals surface area contributed by atoms with Gasteiger partial charge in [-0.25, -0.2) is 9.97 Å². The van der Waals surface area contributed by atoms with E-state index in [0.29, 0.717) is 6.42 Å². The maximum absolute atomic E-state index is 4.69. The van der Waals surface area contributed by atoms with Crippen LogP contribution in [0.4, 0.5) is 5.82 Å². The summed E-state index contributed by atoms with van der Waals surface area (Å²) in [6, 6.07) is 12.3. The Bertz CT molecular complexity index is 752. The van der Waals surface area contributed by atoms with Crippen LogP contribution < -0.4 is 5.32 Å². The quantitative estimate of drug-likeness (QED) is 0.790. The zero-order valence-electron chi connectivity index (χ0n) is 11.6. The Balaban J connectivity index is 1.97. The summed E-state index contributed by atoms with van der Waals surface area (Å²) in [5, 5.41) is 4.24. The van der Waals surface area contributed by atoms with E-state index in [0.717, 1.165) is 33.7 Å². The van der Waals surface area contributed by atoms with E-state index in [1.54, 1.807) is 6.33 Å². The summed E-state index contributed by atoms with van der Waals surface area (Å²) in [5.74, 6) is 0.871. The average molecular weight is 264 g/mol. The van der Waals surface area contributed by atoms with Gasteiger partial charge in [-0.1, -0.05) is 24.3 Å². The van der Waals surface area contributed by atoms with Crippen molar-refractivity contribution in [3.05, 3.63) is 59.7 Å². The number of benzene rings is 1. The van der Waals surface area contributed by atoms with Crippen molar-refractivity contribution in [2.24, 2.45) is 0 Å². The van der Waals surface area contributed by atoms with E-state index in [1.165, 1.54) is 0 Å². The van der Waals surface area contributed by atoms with Crippen molar-refractivity contribution in [1.82, 2.24) is 15.0 Å². The summed E-state index contributed by atoms with van der Waals surface area (Å²) < 4.78 is 0. The van der Waals surface area contributed by atoms with Gasteiger partial charge in [0.25, 0.3) is 0 Å². The lowest BCUT2D eigenvalue weighted by Gasteiger charge is -2.09. The highest BCUT2D eigenvalue weighted by molar-refractivity contribution is 5.78. The zero-order chi connectivity index (χ0) is 13.9. The lowest BCUT2D eigenvalue weighted by Crippen LogP contribution is -2.03. The van der Waals surface area contributed by atoms with Crippen molar-refractivity contribution in [2.45, 2.75) is 13.3 Å². The second kappa shape index (κ2) is 5.25. The number of rotatable bonds is 3. The van der Waals surface area contributed by atoms with Crippen molar-refractivity contribution in [3.8, 4) is 0 Å². The van der Waals surface area contributed by atoms with Crippen molar-refractivity contribution >= 4 is 16.7 Å². The van der Waals surface area contributed by atoms with Gasteiger partial charge in [0.2, 0.25) is 0 Å². The third kappa shape index (κ3) is 2.32. The first-order chi connectivity index (χ1) is 9.78. The van der Waals surface area contributed by atoms with Gasteiger partial charge in [0.1, 0.15) is 12.1 Å². The van der Waals surface area contributed by atoms with E-state index in [9.17, 15) is 0 Å². The second-order valence-electron chi connectivity index (χ2n) is 4.72. The van der Waals surface area contributed by atoms with Gasteiger partial charge >= 0.3 is 0 Å². The molecule has 0 saturated heterocycles. The van der Waals surface area contributed by atoms with Crippen molar-refractivity contribution in [1.29, 1.82) is 0 Å². The molecule has 0 unspecified atom stereocenters. The van der Waals surface area contributed by atoms with Crippen molar-refractivity contribution < 1.29 is 0 Å². The molecule has 0 fully saturated rings. The molecule has 0 radical (unpaired) electrons. The summed E-state index contributed by atoms with van der Waals surface area (Å²) in [7, 11) is 1.87. The van der Waals surface area contributed by atoms with Crippen molar-refractivity contribution in [2.75, 3.05) is 12.4 Å². The van der Waals surface area contributed by atoms with Crippen LogP contribution in [-0.4, -0.2) is 22.0 Å². The molecule has 0 aliphatic rings. The highest BCUT2D eigenvalue weighted by Gasteiger charge is 2.07. The summed E-state index contributed by atoms with van der Waals surface area (Å²) in [4.78, 5) is 13.3. The van der Waals surface area contributed by atoms with Crippen LogP contribution in [0.1, 0.15) is 17.0 Å². The lowest BCUT2D eigenvalue weighted by atomic mass is 10.1. The molecule has 0 spiro atoms. The monoisotopic (exact) mass is 264 g/mol. The Kier molecular flexibility index (Phi) is 3.29. The highest BCUT2D eigenvalue weighted by atomic mass is 15.0. The van der Waals surface area contributed by atoms with Gasteiger partial charge in [-0.2, -0.15) is 0 Å². The Labute approximate surface area is 117 Å². The molecule has 0 atom stereocenters. The van der Waals surface area contributed by atoms with Crippen LogP contribution >= 0.6 is 0 Å². The van der Waals surface area contributed by atoms with Crippen LogP contribution in [0.25, 0.3) is 10.9 Å². The fraction of sp³-hybridized carbons (Fsp3) is 0.188. The molecule has 0 aliphatic heterocycles. The molecule has 2 heterocycles. The van der Waals surface area contributed by atoms with Crippen LogP contribution in [0, 0.1) is 6.92 Å². The van der Waals surface area contributed by atoms with Gasteiger partial charge in [0, 0.05) is 30.1 Å². The van der Waals surface area contributed by atoms with Gasteiger partial charge < -0.3 is 5.32 Å². The smallest absolute Gasteiger partial charge is 0.132 e. The maximum Gasteiger partial charge on any atom is 0.132 e. The molecule has 20 heavy (non-hydrogen) atoms. The number of hydrogen-bond acceptors (Lipinski definition) is 4.